The van der Waals surface area contributed by atoms with Crippen LogP contribution in [0.1, 0.15) is 10.9 Å². The molecule has 136 valence electrons. The van der Waals surface area contributed by atoms with Crippen molar-refractivity contribution in [2.24, 2.45) is 7.05 Å². The van der Waals surface area contributed by atoms with Gasteiger partial charge < -0.3 is 15.6 Å². The minimum absolute atomic E-state index is 0.122. The normalized spacial score (nSPS) is 18.5. The number of nitrogens with two attached hydrogens (primary N) is 1. The number of hydrogen-bond donors (Lipinski definition) is 2. The number of nitrogens with zero attached hydrogens (tertiary/aromatic N) is 6. The zero-order chi connectivity index (χ0) is 18.4. The van der Waals surface area contributed by atoms with Crippen molar-refractivity contribution >= 4 is 46.2 Å². The van der Waals surface area contributed by atoms with Gasteiger partial charge in [-0.3, -0.25) is 4.68 Å². The summed E-state index contributed by atoms with van der Waals surface area (Å²) in [6, 6.07) is 0. The SMILES string of the molecule is CB(O)N1CCSC(c2nc3c(-c4cnn(C)c4)cnn3c(N)c2Br)C1. The summed E-state index contributed by atoms with van der Waals surface area (Å²) in [5, 5.41) is 18.7. The highest BCUT2D eigenvalue weighted by Gasteiger charge is 2.30. The minimum Gasteiger partial charge on any atom is -0.437 e. The van der Waals surface area contributed by atoms with E-state index in [1.165, 1.54) is 0 Å². The third-order valence-corrected chi connectivity index (χ3v) is 6.60. The van der Waals surface area contributed by atoms with E-state index in [0.717, 1.165) is 40.1 Å². The van der Waals surface area contributed by atoms with E-state index in [0.29, 0.717) is 11.5 Å². The first kappa shape index (κ1) is 17.8. The molecule has 26 heavy (non-hydrogen) atoms. The highest BCUT2D eigenvalue weighted by atomic mass is 79.9. The van der Waals surface area contributed by atoms with Crippen molar-refractivity contribution in [1.29, 1.82) is 0 Å². The maximum Gasteiger partial charge on any atom is 0.376 e. The van der Waals surface area contributed by atoms with Crippen LogP contribution in [0, 0.1) is 0 Å². The second-order valence-corrected chi connectivity index (χ2v) is 8.48. The molecule has 3 aromatic rings. The summed E-state index contributed by atoms with van der Waals surface area (Å²) in [6.45, 7) is 3.38. The monoisotopic (exact) mass is 435 g/mol. The Labute approximate surface area is 164 Å². The molecule has 1 atom stereocenters. The van der Waals surface area contributed by atoms with Gasteiger partial charge in [0.05, 0.1) is 27.8 Å². The van der Waals surface area contributed by atoms with E-state index in [1.54, 1.807) is 28.4 Å². The summed E-state index contributed by atoms with van der Waals surface area (Å²) in [5.74, 6) is 1.46. The Morgan fingerprint density at radius 1 is 1.38 bits per heavy atom. The first-order valence-corrected chi connectivity index (χ1v) is 10.1. The van der Waals surface area contributed by atoms with E-state index in [1.807, 2.05) is 29.8 Å². The van der Waals surface area contributed by atoms with Crippen molar-refractivity contribution in [2.75, 3.05) is 24.6 Å². The van der Waals surface area contributed by atoms with Crippen LogP contribution < -0.4 is 5.73 Å². The molecule has 0 aliphatic carbocycles. The second-order valence-electron chi connectivity index (χ2n) is 6.38. The molecule has 0 saturated carbocycles. The first-order valence-electron chi connectivity index (χ1n) is 8.31. The number of rotatable bonds is 3. The Balaban J connectivity index is 1.81. The molecular weight excluding hydrogens is 417 g/mol. The van der Waals surface area contributed by atoms with Crippen LogP contribution in [0.5, 0.6) is 0 Å². The topological polar surface area (TPSA) is 97.5 Å². The van der Waals surface area contributed by atoms with Gasteiger partial charge in [0.2, 0.25) is 0 Å². The number of anilines is 1. The van der Waals surface area contributed by atoms with Gasteiger partial charge in [0, 0.05) is 36.7 Å². The summed E-state index contributed by atoms with van der Waals surface area (Å²) in [5.41, 5.74) is 9.78. The zero-order valence-electron chi connectivity index (χ0n) is 14.5. The molecule has 1 saturated heterocycles. The number of thioether (sulfide) groups is 1. The highest BCUT2D eigenvalue weighted by molar-refractivity contribution is 9.10. The second kappa shape index (κ2) is 6.88. The molecule has 1 aliphatic rings. The fraction of sp³-hybridized carbons (Fsp3) is 0.400. The standard InChI is InChI=1S/C15H19BBrN7OS/c1-16(25)23-3-4-26-11(8-23)13-12(17)14(18)24-15(21-13)10(6-20-24)9-5-19-22(2)7-9/h5-7,11,25H,3-4,8,18H2,1-2H3. The van der Waals surface area contributed by atoms with Crippen LogP contribution in [0.15, 0.2) is 23.1 Å². The van der Waals surface area contributed by atoms with E-state index in [9.17, 15) is 5.02 Å². The fourth-order valence-electron chi connectivity index (χ4n) is 3.16. The summed E-state index contributed by atoms with van der Waals surface area (Å²) < 4.78 is 4.16. The number of hydrogen-bond acceptors (Lipinski definition) is 7. The number of aromatic nitrogens is 5. The molecule has 1 unspecified atom stereocenters. The molecule has 4 heterocycles. The Bertz CT molecular complexity index is 959. The fourth-order valence-corrected chi connectivity index (χ4v) is 5.10. The lowest BCUT2D eigenvalue weighted by Crippen LogP contribution is -2.43. The molecule has 0 aromatic carbocycles. The van der Waals surface area contributed by atoms with E-state index >= 15 is 0 Å². The van der Waals surface area contributed by atoms with Crippen molar-refractivity contribution in [3.8, 4) is 11.1 Å². The quantitative estimate of drug-likeness (QED) is 0.603. The van der Waals surface area contributed by atoms with Gasteiger partial charge >= 0.3 is 7.05 Å². The summed E-state index contributed by atoms with van der Waals surface area (Å²) >= 11 is 5.43. The number of fused-ring (bicyclic) bond motifs is 1. The van der Waals surface area contributed by atoms with Crippen LogP contribution >= 0.6 is 27.7 Å². The van der Waals surface area contributed by atoms with Gasteiger partial charge in [0.25, 0.3) is 0 Å². The molecule has 3 N–H and O–H groups in total. The molecule has 4 rings (SSSR count). The van der Waals surface area contributed by atoms with Crippen molar-refractivity contribution in [3.63, 3.8) is 0 Å². The van der Waals surface area contributed by atoms with E-state index in [-0.39, 0.29) is 5.25 Å². The van der Waals surface area contributed by atoms with Crippen LogP contribution in [0.25, 0.3) is 16.8 Å². The van der Waals surface area contributed by atoms with Crippen LogP contribution in [0.4, 0.5) is 5.82 Å². The van der Waals surface area contributed by atoms with Crippen LogP contribution in [-0.2, 0) is 7.05 Å². The lowest BCUT2D eigenvalue weighted by atomic mass is 9.84. The third-order valence-electron chi connectivity index (χ3n) is 4.60. The van der Waals surface area contributed by atoms with Crippen molar-refractivity contribution in [2.45, 2.75) is 12.1 Å². The van der Waals surface area contributed by atoms with Crippen molar-refractivity contribution < 1.29 is 5.02 Å². The van der Waals surface area contributed by atoms with Gasteiger partial charge in [-0.25, -0.2) is 4.98 Å². The molecule has 0 radical (unpaired) electrons. The summed E-state index contributed by atoms with van der Waals surface area (Å²) in [6.07, 6.45) is 5.49. The van der Waals surface area contributed by atoms with Crippen LogP contribution in [0.3, 0.4) is 0 Å². The molecule has 11 heteroatoms. The van der Waals surface area contributed by atoms with E-state index in [2.05, 4.69) is 26.1 Å². The molecular formula is C15H19BBrN7OS. The molecule has 0 spiro atoms. The lowest BCUT2D eigenvalue weighted by Gasteiger charge is -2.33. The lowest BCUT2D eigenvalue weighted by molar-refractivity contribution is 0.373. The van der Waals surface area contributed by atoms with Gasteiger partial charge in [0.15, 0.2) is 5.65 Å². The first-order chi connectivity index (χ1) is 12.5. The van der Waals surface area contributed by atoms with E-state index < -0.39 is 7.05 Å². The maximum atomic E-state index is 9.94. The Morgan fingerprint density at radius 2 is 2.19 bits per heavy atom. The largest absolute Gasteiger partial charge is 0.437 e. The number of aryl methyl sites for hydroxylation is 1. The average molecular weight is 436 g/mol. The Hall–Kier alpha value is -1.56. The van der Waals surface area contributed by atoms with Crippen LogP contribution in [0.2, 0.25) is 6.82 Å². The zero-order valence-corrected chi connectivity index (χ0v) is 16.9. The van der Waals surface area contributed by atoms with Crippen LogP contribution in [-0.4, -0.2) is 60.1 Å². The third kappa shape index (κ3) is 3.02. The highest BCUT2D eigenvalue weighted by Crippen LogP contribution is 2.39. The average Bonchev–Trinajstić information content (AvgIpc) is 3.24. The number of nitrogen functional groups attached to an aromatic ring is 1. The van der Waals surface area contributed by atoms with E-state index in [4.69, 9.17) is 10.7 Å². The van der Waals surface area contributed by atoms with Gasteiger partial charge in [0.1, 0.15) is 5.82 Å². The maximum absolute atomic E-state index is 9.94. The van der Waals surface area contributed by atoms with Gasteiger partial charge in [-0.05, 0) is 29.3 Å². The molecule has 0 amide bonds. The van der Waals surface area contributed by atoms with Gasteiger partial charge in [-0.1, -0.05) is 0 Å². The molecule has 8 nitrogen and oxygen atoms in total. The van der Waals surface area contributed by atoms with Crippen molar-refractivity contribution in [1.82, 2.24) is 29.2 Å². The molecule has 3 aromatic heterocycles. The Kier molecular flexibility index (Phi) is 4.72. The molecule has 1 aliphatic heterocycles. The van der Waals surface area contributed by atoms with Gasteiger partial charge in [-0.2, -0.15) is 14.7 Å². The predicted molar refractivity (Wildman–Crippen MR) is 108 cm³/mol. The number of halogens is 1. The molecule has 0 bridgehead atoms. The smallest absolute Gasteiger partial charge is 0.376 e. The summed E-state index contributed by atoms with van der Waals surface area (Å²) in [7, 11) is 1.40. The summed E-state index contributed by atoms with van der Waals surface area (Å²) in [4.78, 5) is 6.96. The Morgan fingerprint density at radius 3 is 2.88 bits per heavy atom. The minimum atomic E-state index is -0.473. The van der Waals surface area contributed by atoms with Gasteiger partial charge in [-0.15, -0.1) is 11.8 Å². The van der Waals surface area contributed by atoms with Crippen molar-refractivity contribution in [3.05, 3.63) is 28.8 Å². The molecule has 1 fully saturated rings. The predicted octanol–water partition coefficient (Wildman–Crippen LogP) is 1.67.